The van der Waals surface area contributed by atoms with Gasteiger partial charge >= 0.3 is 19.8 Å². The van der Waals surface area contributed by atoms with Gasteiger partial charge in [-0.3, -0.25) is 14.1 Å². The lowest BCUT2D eigenvalue weighted by Crippen LogP contribution is -2.29. The topological polar surface area (TPSA) is 119 Å². The van der Waals surface area contributed by atoms with Gasteiger partial charge in [0, 0.05) is 12.8 Å². The Kier molecular flexibility index (Phi) is 36.3. The minimum atomic E-state index is -4.75. The Morgan fingerprint density at radius 2 is 0.731 bits per heavy atom. The average Bonchev–Trinajstić information content (AvgIpc) is 3.08. The van der Waals surface area contributed by atoms with Crippen LogP contribution < -0.4 is 0 Å². The number of phosphoric ester groups is 1. The molecule has 0 saturated heterocycles. The summed E-state index contributed by atoms with van der Waals surface area (Å²) in [7, 11) is -4.75. The first kappa shape index (κ1) is 51.0. The highest BCUT2D eigenvalue weighted by Crippen LogP contribution is 2.36. The second-order valence-corrected chi connectivity index (χ2v) is 17.6. The van der Waals surface area contributed by atoms with Gasteiger partial charge in [-0.2, -0.15) is 0 Å². The van der Waals surface area contributed by atoms with Gasteiger partial charge in [0.25, 0.3) is 0 Å². The van der Waals surface area contributed by atoms with E-state index in [4.69, 9.17) is 19.3 Å². The number of hydrogen-bond acceptors (Lipinski definition) is 6. The Balaban J connectivity index is 3.80. The van der Waals surface area contributed by atoms with E-state index < -0.39 is 32.5 Å². The average molecular weight is 761 g/mol. The van der Waals surface area contributed by atoms with Gasteiger partial charge in [-0.1, -0.05) is 207 Å². The fourth-order valence-corrected chi connectivity index (χ4v) is 7.05. The molecule has 0 aliphatic rings. The zero-order valence-electron chi connectivity index (χ0n) is 34.6. The normalized spacial score (nSPS) is 12.5. The van der Waals surface area contributed by atoms with Crippen molar-refractivity contribution in [3.05, 3.63) is 0 Å². The number of ether oxygens (including phenoxy) is 2. The van der Waals surface area contributed by atoms with E-state index in [0.717, 1.165) is 50.4 Å². The quantitative estimate of drug-likeness (QED) is 0.0360. The van der Waals surface area contributed by atoms with Gasteiger partial charge in [-0.05, 0) is 24.7 Å². The Bertz CT molecular complexity index is 843. The summed E-state index contributed by atoms with van der Waals surface area (Å²) in [5, 5.41) is 0. The van der Waals surface area contributed by atoms with Gasteiger partial charge in [0.15, 0.2) is 6.10 Å². The van der Waals surface area contributed by atoms with Crippen molar-refractivity contribution in [2.75, 3.05) is 13.2 Å². The molecule has 0 aromatic heterocycles. The monoisotopic (exact) mass is 761 g/mol. The van der Waals surface area contributed by atoms with Crippen LogP contribution in [0.1, 0.15) is 233 Å². The highest BCUT2D eigenvalue weighted by Gasteiger charge is 2.23. The lowest BCUT2D eigenvalue weighted by atomic mass is 10.0. The van der Waals surface area contributed by atoms with Crippen LogP contribution in [0, 0.1) is 11.8 Å². The second kappa shape index (κ2) is 37.0. The van der Waals surface area contributed by atoms with Crippen LogP contribution in [-0.2, 0) is 28.2 Å². The van der Waals surface area contributed by atoms with Crippen molar-refractivity contribution in [3.8, 4) is 0 Å². The summed E-state index contributed by atoms with van der Waals surface area (Å²) >= 11 is 0. The number of esters is 2. The summed E-state index contributed by atoms with van der Waals surface area (Å²) < 4.78 is 26.4. The van der Waals surface area contributed by atoms with Gasteiger partial charge in [-0.25, -0.2) is 4.57 Å². The zero-order valence-corrected chi connectivity index (χ0v) is 35.5. The Morgan fingerprint density at radius 3 is 1.04 bits per heavy atom. The summed E-state index contributed by atoms with van der Waals surface area (Å²) in [6.45, 7) is 8.38. The van der Waals surface area contributed by atoms with Crippen molar-refractivity contribution < 1.29 is 37.9 Å². The van der Waals surface area contributed by atoms with E-state index in [1.165, 1.54) is 148 Å². The maximum absolute atomic E-state index is 12.4. The van der Waals surface area contributed by atoms with Gasteiger partial charge in [0.2, 0.25) is 0 Å². The van der Waals surface area contributed by atoms with E-state index in [-0.39, 0.29) is 19.4 Å². The van der Waals surface area contributed by atoms with E-state index in [1.54, 1.807) is 0 Å². The van der Waals surface area contributed by atoms with Crippen LogP contribution in [-0.4, -0.2) is 41.0 Å². The van der Waals surface area contributed by atoms with Crippen molar-refractivity contribution >= 4 is 19.8 Å². The molecule has 0 amide bonds. The summed E-state index contributed by atoms with van der Waals surface area (Å²) in [5.74, 6) is 0.778. The molecular weight excluding hydrogens is 675 g/mol. The molecule has 0 aliphatic heterocycles. The maximum atomic E-state index is 12.4. The summed E-state index contributed by atoms with van der Waals surface area (Å²) in [6.07, 6.45) is 37.0. The van der Waals surface area contributed by atoms with Crippen LogP contribution in [0.25, 0.3) is 0 Å². The first-order chi connectivity index (χ1) is 25.0. The smallest absolute Gasteiger partial charge is 0.462 e. The molecule has 0 aromatic carbocycles. The van der Waals surface area contributed by atoms with E-state index in [9.17, 15) is 14.2 Å². The fraction of sp³-hybridized carbons (Fsp3) is 0.953. The summed E-state index contributed by atoms with van der Waals surface area (Å²) in [4.78, 5) is 42.9. The molecule has 52 heavy (non-hydrogen) atoms. The van der Waals surface area contributed by atoms with Crippen LogP contribution in [0.15, 0.2) is 0 Å². The third-order valence-electron chi connectivity index (χ3n) is 9.98. The van der Waals surface area contributed by atoms with Crippen molar-refractivity contribution in [1.29, 1.82) is 0 Å². The predicted octanol–water partition coefficient (Wildman–Crippen LogP) is 13.3. The number of carbonyl (C=O) groups excluding carboxylic acids is 2. The molecule has 0 bridgehead atoms. The molecule has 310 valence electrons. The van der Waals surface area contributed by atoms with Gasteiger partial charge in [0.1, 0.15) is 6.61 Å². The van der Waals surface area contributed by atoms with Crippen LogP contribution in [0.2, 0.25) is 0 Å². The molecule has 0 spiro atoms. The van der Waals surface area contributed by atoms with Crippen LogP contribution in [0.4, 0.5) is 0 Å². The van der Waals surface area contributed by atoms with Crippen LogP contribution >= 0.6 is 7.82 Å². The minimum Gasteiger partial charge on any atom is -0.462 e. The Hall–Kier alpha value is -0.950. The van der Waals surface area contributed by atoms with Gasteiger partial charge < -0.3 is 19.3 Å². The lowest BCUT2D eigenvalue weighted by molar-refractivity contribution is -0.161. The molecule has 2 N–H and O–H groups in total. The van der Waals surface area contributed by atoms with Crippen LogP contribution in [0.3, 0.4) is 0 Å². The Morgan fingerprint density at radius 1 is 0.442 bits per heavy atom. The van der Waals surface area contributed by atoms with E-state index >= 15 is 0 Å². The van der Waals surface area contributed by atoms with E-state index in [2.05, 4.69) is 32.2 Å². The van der Waals surface area contributed by atoms with Crippen molar-refractivity contribution in [2.24, 2.45) is 11.8 Å². The molecule has 0 aromatic rings. The van der Waals surface area contributed by atoms with Gasteiger partial charge in [-0.15, -0.1) is 0 Å². The van der Waals surface area contributed by atoms with Crippen molar-refractivity contribution in [3.63, 3.8) is 0 Å². The molecule has 0 heterocycles. The predicted molar refractivity (Wildman–Crippen MR) is 216 cm³/mol. The van der Waals surface area contributed by atoms with Gasteiger partial charge in [0.05, 0.1) is 6.61 Å². The molecule has 8 nitrogen and oxygen atoms in total. The standard InChI is InChI=1S/C43H85O8P/c1-39(2)33-29-25-21-17-13-11-9-7-5-6-8-10-12-14-19-23-27-31-35-42(44)49-37-41(38-50-52(46,47)48)51-43(45)36-32-28-24-20-16-15-18-22-26-30-34-40(3)4/h39-41H,5-38H2,1-4H3,(H2,46,47,48)/t41-/m1/s1. The number of phosphoric acid groups is 1. The number of carbonyl (C=O) groups is 2. The van der Waals surface area contributed by atoms with E-state index in [1.807, 2.05) is 0 Å². The molecule has 0 unspecified atom stereocenters. The molecule has 0 rings (SSSR count). The molecular formula is C43H85O8P. The molecule has 9 heteroatoms. The van der Waals surface area contributed by atoms with E-state index in [0.29, 0.717) is 6.42 Å². The first-order valence-electron chi connectivity index (χ1n) is 22.0. The third-order valence-corrected chi connectivity index (χ3v) is 10.5. The summed E-state index contributed by atoms with van der Waals surface area (Å²) in [6, 6.07) is 0. The highest BCUT2D eigenvalue weighted by molar-refractivity contribution is 7.46. The first-order valence-corrected chi connectivity index (χ1v) is 23.6. The highest BCUT2D eigenvalue weighted by atomic mass is 31.2. The molecule has 0 saturated carbocycles. The lowest BCUT2D eigenvalue weighted by Gasteiger charge is -2.18. The fourth-order valence-electron chi connectivity index (χ4n) is 6.69. The number of rotatable bonds is 40. The maximum Gasteiger partial charge on any atom is 0.469 e. The summed E-state index contributed by atoms with van der Waals surface area (Å²) in [5.41, 5.74) is 0. The minimum absolute atomic E-state index is 0.217. The number of unbranched alkanes of at least 4 members (excludes halogenated alkanes) is 26. The largest absolute Gasteiger partial charge is 0.469 e. The Labute approximate surface area is 321 Å². The SMILES string of the molecule is CC(C)CCCCCCCCCCCCCCCCCCCCC(=O)OC[C@H](COP(=O)(O)O)OC(=O)CCCCCCCCCCCCC(C)C. The molecule has 0 fully saturated rings. The van der Waals surface area contributed by atoms with Crippen molar-refractivity contribution in [1.82, 2.24) is 0 Å². The van der Waals surface area contributed by atoms with Crippen LogP contribution in [0.5, 0.6) is 0 Å². The molecule has 1 atom stereocenters. The zero-order chi connectivity index (χ0) is 38.5. The molecule has 0 radical (unpaired) electrons. The third kappa shape index (κ3) is 41.8. The second-order valence-electron chi connectivity index (χ2n) is 16.3. The molecule has 0 aliphatic carbocycles. The number of hydrogen-bond donors (Lipinski definition) is 2. The van der Waals surface area contributed by atoms with Crippen molar-refractivity contribution in [2.45, 2.75) is 239 Å².